The van der Waals surface area contributed by atoms with Crippen molar-refractivity contribution in [3.05, 3.63) is 18.2 Å². The summed E-state index contributed by atoms with van der Waals surface area (Å²) in [4.78, 5) is 0. The van der Waals surface area contributed by atoms with Crippen LogP contribution in [-0.4, -0.2) is 19.3 Å². The first kappa shape index (κ1) is 12.6. The average molecular weight is 261 g/mol. The van der Waals surface area contributed by atoms with Crippen LogP contribution in [0.25, 0.3) is 0 Å². The van der Waals surface area contributed by atoms with Crippen LogP contribution in [0.5, 0.6) is 11.5 Å². The van der Waals surface area contributed by atoms with Crippen molar-refractivity contribution in [2.24, 2.45) is 11.8 Å². The Balaban J connectivity index is 1.75. The van der Waals surface area contributed by atoms with Crippen LogP contribution in [0.4, 0.5) is 5.69 Å². The molecule has 3 heteroatoms. The number of nitrogens with one attached hydrogen (secondary N) is 1. The van der Waals surface area contributed by atoms with Crippen LogP contribution in [0.2, 0.25) is 0 Å². The number of anilines is 1. The highest BCUT2D eigenvalue weighted by Gasteiger charge is 2.27. The van der Waals surface area contributed by atoms with Crippen molar-refractivity contribution < 1.29 is 9.47 Å². The Morgan fingerprint density at radius 2 is 1.68 bits per heavy atom. The second-order valence-corrected chi connectivity index (χ2v) is 5.91. The highest BCUT2D eigenvalue weighted by atomic mass is 16.6. The summed E-state index contributed by atoms with van der Waals surface area (Å²) in [5.41, 5.74) is 1.15. The largest absolute Gasteiger partial charge is 0.486 e. The highest BCUT2D eigenvalue weighted by Crippen LogP contribution is 2.35. The van der Waals surface area contributed by atoms with E-state index in [-0.39, 0.29) is 0 Å². The minimum absolute atomic E-state index is 0.566. The first-order chi connectivity index (χ1) is 9.24. The van der Waals surface area contributed by atoms with E-state index >= 15 is 0 Å². The number of fused-ring (bicyclic) bond motifs is 1. The Hall–Kier alpha value is -1.38. The van der Waals surface area contributed by atoms with Crippen LogP contribution in [0.1, 0.15) is 33.1 Å². The predicted octanol–water partition coefficient (Wildman–Crippen LogP) is 3.69. The van der Waals surface area contributed by atoms with Gasteiger partial charge < -0.3 is 14.8 Å². The summed E-state index contributed by atoms with van der Waals surface area (Å²) in [6.45, 7) is 6.00. The van der Waals surface area contributed by atoms with Crippen molar-refractivity contribution in [3.8, 4) is 11.5 Å². The lowest BCUT2D eigenvalue weighted by molar-refractivity contribution is 0.171. The summed E-state index contributed by atoms with van der Waals surface area (Å²) < 4.78 is 11.2. The van der Waals surface area contributed by atoms with Gasteiger partial charge in [-0.2, -0.15) is 0 Å². The third kappa shape index (κ3) is 2.65. The Bertz CT molecular complexity index is 436. The number of hydrogen-bond acceptors (Lipinski definition) is 3. The summed E-state index contributed by atoms with van der Waals surface area (Å²) in [7, 11) is 0. The van der Waals surface area contributed by atoms with Crippen molar-refractivity contribution >= 4 is 5.69 Å². The monoisotopic (exact) mass is 261 g/mol. The van der Waals surface area contributed by atoms with Crippen LogP contribution in [0.3, 0.4) is 0 Å². The van der Waals surface area contributed by atoms with E-state index in [2.05, 4.69) is 31.3 Å². The summed E-state index contributed by atoms with van der Waals surface area (Å²) in [5.74, 6) is 3.20. The molecule has 2 aliphatic rings. The lowest BCUT2D eigenvalue weighted by atomic mass is 9.78. The molecule has 1 saturated carbocycles. The molecule has 1 aromatic carbocycles. The fraction of sp³-hybridized carbons (Fsp3) is 0.625. The molecule has 2 atom stereocenters. The van der Waals surface area contributed by atoms with Crippen LogP contribution in [-0.2, 0) is 0 Å². The van der Waals surface area contributed by atoms with Gasteiger partial charge in [0.15, 0.2) is 11.5 Å². The molecule has 0 spiro atoms. The van der Waals surface area contributed by atoms with E-state index in [4.69, 9.17) is 9.47 Å². The van der Waals surface area contributed by atoms with E-state index in [0.717, 1.165) is 29.0 Å². The smallest absolute Gasteiger partial charge is 0.163 e. The van der Waals surface area contributed by atoms with E-state index in [1.54, 1.807) is 0 Å². The summed E-state index contributed by atoms with van der Waals surface area (Å²) in [5, 5.41) is 3.69. The van der Waals surface area contributed by atoms with Crippen molar-refractivity contribution in [2.45, 2.75) is 39.2 Å². The zero-order valence-corrected chi connectivity index (χ0v) is 11.8. The first-order valence-electron chi connectivity index (χ1n) is 7.40. The molecule has 1 aliphatic heterocycles. The molecule has 3 rings (SSSR count). The zero-order chi connectivity index (χ0) is 13.2. The molecule has 1 N–H and O–H groups in total. The highest BCUT2D eigenvalue weighted by molar-refractivity contribution is 5.55. The van der Waals surface area contributed by atoms with E-state index in [1.807, 2.05) is 6.07 Å². The summed E-state index contributed by atoms with van der Waals surface area (Å²) >= 11 is 0. The van der Waals surface area contributed by atoms with Gasteiger partial charge in [-0.25, -0.2) is 0 Å². The quantitative estimate of drug-likeness (QED) is 0.880. The molecule has 1 heterocycles. The molecular weight excluding hydrogens is 238 g/mol. The van der Waals surface area contributed by atoms with Crippen LogP contribution in [0, 0.1) is 11.8 Å². The fourth-order valence-corrected chi connectivity index (χ4v) is 3.29. The van der Waals surface area contributed by atoms with Gasteiger partial charge >= 0.3 is 0 Å². The number of benzene rings is 1. The van der Waals surface area contributed by atoms with Gasteiger partial charge in [0.25, 0.3) is 0 Å². The van der Waals surface area contributed by atoms with E-state index in [9.17, 15) is 0 Å². The average Bonchev–Trinajstić information content (AvgIpc) is 2.43. The van der Waals surface area contributed by atoms with Gasteiger partial charge in [-0.1, -0.05) is 20.3 Å². The molecule has 0 bridgehead atoms. The van der Waals surface area contributed by atoms with Gasteiger partial charge in [-0.3, -0.25) is 0 Å². The van der Waals surface area contributed by atoms with Crippen molar-refractivity contribution in [2.75, 3.05) is 18.5 Å². The SMILES string of the molecule is CC1CCCC(C)C1Nc1ccc2c(c1)OCCO2. The molecule has 3 nitrogen and oxygen atoms in total. The van der Waals surface area contributed by atoms with E-state index in [0.29, 0.717) is 19.3 Å². The molecule has 1 aromatic rings. The van der Waals surface area contributed by atoms with Gasteiger partial charge in [0.2, 0.25) is 0 Å². The van der Waals surface area contributed by atoms with E-state index < -0.39 is 0 Å². The molecule has 0 aromatic heterocycles. The first-order valence-corrected chi connectivity index (χ1v) is 7.40. The minimum Gasteiger partial charge on any atom is -0.486 e. The summed E-state index contributed by atoms with van der Waals surface area (Å²) in [6.07, 6.45) is 4.01. The van der Waals surface area contributed by atoms with Crippen LogP contribution >= 0.6 is 0 Å². The van der Waals surface area contributed by atoms with Gasteiger partial charge in [-0.05, 0) is 36.8 Å². The molecule has 2 unspecified atom stereocenters. The van der Waals surface area contributed by atoms with Gasteiger partial charge in [0, 0.05) is 17.8 Å². The molecule has 0 radical (unpaired) electrons. The topological polar surface area (TPSA) is 30.5 Å². The molecule has 104 valence electrons. The molecule has 1 fully saturated rings. The number of ether oxygens (including phenoxy) is 2. The second kappa shape index (κ2) is 5.32. The van der Waals surface area contributed by atoms with Crippen molar-refractivity contribution in [3.63, 3.8) is 0 Å². The third-order valence-electron chi connectivity index (χ3n) is 4.42. The molecule has 1 aliphatic carbocycles. The zero-order valence-electron chi connectivity index (χ0n) is 11.8. The second-order valence-electron chi connectivity index (χ2n) is 5.91. The van der Waals surface area contributed by atoms with Crippen molar-refractivity contribution in [1.29, 1.82) is 0 Å². The standard InChI is InChI=1S/C16H23NO2/c1-11-4-3-5-12(2)16(11)17-13-6-7-14-15(10-13)19-9-8-18-14/h6-7,10-12,16-17H,3-5,8-9H2,1-2H3. The maximum absolute atomic E-state index is 5.64. The maximum atomic E-state index is 5.64. The lowest BCUT2D eigenvalue weighted by Gasteiger charge is -2.36. The van der Waals surface area contributed by atoms with Crippen LogP contribution in [0.15, 0.2) is 18.2 Å². The number of hydrogen-bond donors (Lipinski definition) is 1. The van der Waals surface area contributed by atoms with Crippen LogP contribution < -0.4 is 14.8 Å². The molecular formula is C16H23NO2. The van der Waals surface area contributed by atoms with Crippen molar-refractivity contribution in [1.82, 2.24) is 0 Å². The lowest BCUT2D eigenvalue weighted by Crippen LogP contribution is -2.37. The Morgan fingerprint density at radius 1 is 1.00 bits per heavy atom. The van der Waals surface area contributed by atoms with E-state index in [1.165, 1.54) is 19.3 Å². The minimum atomic E-state index is 0.566. The molecule has 0 amide bonds. The third-order valence-corrected chi connectivity index (χ3v) is 4.42. The van der Waals surface area contributed by atoms with Gasteiger partial charge in [0.1, 0.15) is 13.2 Å². The summed E-state index contributed by atoms with van der Waals surface area (Å²) in [6, 6.07) is 6.75. The molecule has 0 saturated heterocycles. The normalized spacial score (nSPS) is 29.9. The Kier molecular flexibility index (Phi) is 3.54. The molecule has 19 heavy (non-hydrogen) atoms. The van der Waals surface area contributed by atoms with Gasteiger partial charge in [0.05, 0.1) is 0 Å². The fourth-order valence-electron chi connectivity index (χ4n) is 3.29. The Labute approximate surface area is 115 Å². The maximum Gasteiger partial charge on any atom is 0.163 e. The predicted molar refractivity (Wildman–Crippen MR) is 77.0 cm³/mol. The van der Waals surface area contributed by atoms with Gasteiger partial charge in [-0.15, -0.1) is 0 Å². The Morgan fingerprint density at radius 3 is 2.42 bits per heavy atom. The number of rotatable bonds is 2.